The molecule has 3 aromatic carbocycles. The maximum absolute atomic E-state index is 12.6. The zero-order valence-electron chi connectivity index (χ0n) is 16.6. The minimum Gasteiger partial charge on any atom is -0.481 e. The Bertz CT molecular complexity index is 1150. The van der Waals surface area contributed by atoms with Crippen LogP contribution in [-0.2, 0) is 4.79 Å². The maximum Gasteiger partial charge on any atom is 0.265 e. The molecule has 5 heteroatoms. The van der Waals surface area contributed by atoms with Crippen LogP contribution in [0.25, 0.3) is 22.6 Å². The molecule has 0 aliphatic rings. The van der Waals surface area contributed by atoms with E-state index in [0.717, 1.165) is 27.8 Å². The smallest absolute Gasteiger partial charge is 0.265 e. The van der Waals surface area contributed by atoms with Crippen LogP contribution < -0.4 is 10.1 Å². The molecule has 0 fully saturated rings. The fraction of sp³-hybridized carbons (Fsp3) is 0.167. The molecular formula is C24H22N2O3. The summed E-state index contributed by atoms with van der Waals surface area (Å²) in [4.78, 5) is 17.1. The molecule has 0 saturated heterocycles. The van der Waals surface area contributed by atoms with Gasteiger partial charge in [0.1, 0.15) is 11.3 Å². The highest BCUT2D eigenvalue weighted by atomic mass is 16.5. The lowest BCUT2D eigenvalue weighted by molar-refractivity contribution is -0.122. The van der Waals surface area contributed by atoms with Gasteiger partial charge in [0.25, 0.3) is 5.91 Å². The molecule has 0 saturated carbocycles. The molecule has 0 aliphatic heterocycles. The number of amides is 1. The van der Waals surface area contributed by atoms with Crippen LogP contribution >= 0.6 is 0 Å². The number of hydrogen-bond acceptors (Lipinski definition) is 4. The fourth-order valence-corrected chi connectivity index (χ4v) is 3.07. The number of aryl methyl sites for hydroxylation is 1. The molecule has 0 radical (unpaired) electrons. The number of oxazole rings is 1. The largest absolute Gasteiger partial charge is 0.481 e. The van der Waals surface area contributed by atoms with Gasteiger partial charge in [-0.2, -0.15) is 0 Å². The van der Waals surface area contributed by atoms with Crippen molar-refractivity contribution >= 4 is 22.7 Å². The number of carbonyl (C=O) groups excluding carboxylic acids is 1. The second-order valence-electron chi connectivity index (χ2n) is 7.01. The summed E-state index contributed by atoms with van der Waals surface area (Å²) in [5, 5.41) is 2.91. The van der Waals surface area contributed by atoms with Crippen molar-refractivity contribution in [3.05, 3.63) is 77.9 Å². The van der Waals surface area contributed by atoms with E-state index in [2.05, 4.69) is 10.3 Å². The van der Waals surface area contributed by atoms with Gasteiger partial charge in [0.05, 0.1) is 0 Å². The van der Waals surface area contributed by atoms with Gasteiger partial charge < -0.3 is 14.5 Å². The van der Waals surface area contributed by atoms with E-state index in [1.807, 2.05) is 80.6 Å². The number of carbonyl (C=O) groups is 1. The first-order valence-electron chi connectivity index (χ1n) is 9.51. The zero-order valence-corrected chi connectivity index (χ0v) is 16.6. The predicted molar refractivity (Wildman–Crippen MR) is 114 cm³/mol. The molecule has 1 aromatic heterocycles. The molecule has 0 unspecified atom stereocenters. The van der Waals surface area contributed by atoms with E-state index in [9.17, 15) is 4.79 Å². The third-order valence-electron chi connectivity index (χ3n) is 4.90. The lowest BCUT2D eigenvalue weighted by atomic mass is 10.1. The average Bonchev–Trinajstić information content (AvgIpc) is 3.16. The molecule has 1 heterocycles. The molecule has 1 atom stereocenters. The Labute approximate surface area is 169 Å². The standard InChI is InChI=1S/C24H22N2O3/c1-15-8-6-13-21(16(15)2)28-17(3)23(27)25-19-10-7-9-18(14-19)24-26-20-11-4-5-12-22(20)29-24/h4-14,17H,1-3H3,(H,25,27)/t17-/m0/s1. The first-order chi connectivity index (χ1) is 14.0. The van der Waals surface area contributed by atoms with Crippen molar-refractivity contribution in [1.82, 2.24) is 4.98 Å². The molecule has 1 N–H and O–H groups in total. The van der Waals surface area contributed by atoms with E-state index in [4.69, 9.17) is 9.15 Å². The number of nitrogens with one attached hydrogen (secondary N) is 1. The zero-order chi connectivity index (χ0) is 20.4. The summed E-state index contributed by atoms with van der Waals surface area (Å²) < 4.78 is 11.7. The summed E-state index contributed by atoms with van der Waals surface area (Å²) in [5.74, 6) is 1.01. The fourth-order valence-electron chi connectivity index (χ4n) is 3.07. The minimum atomic E-state index is -0.636. The number of hydrogen-bond donors (Lipinski definition) is 1. The van der Waals surface area contributed by atoms with Crippen LogP contribution in [0.4, 0.5) is 5.69 Å². The molecule has 4 rings (SSSR count). The minimum absolute atomic E-state index is 0.222. The Hall–Kier alpha value is -3.60. The first-order valence-corrected chi connectivity index (χ1v) is 9.51. The topological polar surface area (TPSA) is 64.4 Å². The van der Waals surface area contributed by atoms with Gasteiger partial charge in [-0.15, -0.1) is 0 Å². The molecule has 0 spiro atoms. The van der Waals surface area contributed by atoms with Crippen LogP contribution in [0.15, 0.2) is 71.1 Å². The van der Waals surface area contributed by atoms with Gasteiger partial charge in [0, 0.05) is 11.3 Å². The first kappa shape index (κ1) is 18.7. The molecule has 5 nitrogen and oxygen atoms in total. The number of para-hydroxylation sites is 2. The van der Waals surface area contributed by atoms with Crippen LogP contribution in [-0.4, -0.2) is 17.0 Å². The van der Waals surface area contributed by atoms with Gasteiger partial charge in [-0.1, -0.05) is 30.3 Å². The summed E-state index contributed by atoms with van der Waals surface area (Å²) in [6.07, 6.45) is -0.636. The molecule has 1 amide bonds. The second-order valence-corrected chi connectivity index (χ2v) is 7.01. The van der Waals surface area contributed by atoms with Crippen molar-refractivity contribution < 1.29 is 13.9 Å². The van der Waals surface area contributed by atoms with Gasteiger partial charge in [-0.05, 0) is 68.3 Å². The van der Waals surface area contributed by atoms with Crippen LogP contribution in [0.3, 0.4) is 0 Å². The second kappa shape index (κ2) is 7.80. The summed E-state index contributed by atoms with van der Waals surface area (Å²) in [7, 11) is 0. The van der Waals surface area contributed by atoms with Crippen LogP contribution in [0.5, 0.6) is 5.75 Å². The Kier molecular flexibility index (Phi) is 5.04. The molecule has 29 heavy (non-hydrogen) atoms. The number of fused-ring (bicyclic) bond motifs is 1. The van der Waals surface area contributed by atoms with Gasteiger partial charge in [0.15, 0.2) is 11.7 Å². The van der Waals surface area contributed by atoms with Gasteiger partial charge in [0.2, 0.25) is 5.89 Å². The Morgan fingerprint density at radius 3 is 2.66 bits per heavy atom. The number of rotatable bonds is 5. The molecular weight excluding hydrogens is 364 g/mol. The summed E-state index contributed by atoms with van der Waals surface area (Å²) in [5.41, 5.74) is 5.14. The number of nitrogens with zero attached hydrogens (tertiary/aromatic N) is 1. The van der Waals surface area contributed by atoms with Crippen molar-refractivity contribution in [2.24, 2.45) is 0 Å². The monoisotopic (exact) mass is 386 g/mol. The quantitative estimate of drug-likeness (QED) is 0.491. The van der Waals surface area contributed by atoms with Gasteiger partial charge >= 0.3 is 0 Å². The van der Waals surface area contributed by atoms with Gasteiger partial charge in [-0.25, -0.2) is 4.98 Å². The highest BCUT2D eigenvalue weighted by Gasteiger charge is 2.17. The molecule has 4 aromatic rings. The summed E-state index contributed by atoms with van der Waals surface area (Å²) in [6, 6.07) is 20.9. The van der Waals surface area contributed by atoms with E-state index < -0.39 is 6.10 Å². The number of aromatic nitrogens is 1. The van der Waals surface area contributed by atoms with Crippen molar-refractivity contribution in [2.75, 3.05) is 5.32 Å². The van der Waals surface area contributed by atoms with Crippen molar-refractivity contribution in [1.29, 1.82) is 0 Å². The lowest BCUT2D eigenvalue weighted by Gasteiger charge is -2.17. The molecule has 0 aliphatic carbocycles. The predicted octanol–water partition coefficient (Wildman–Crippen LogP) is 5.52. The van der Waals surface area contributed by atoms with E-state index in [1.165, 1.54) is 0 Å². The lowest BCUT2D eigenvalue weighted by Crippen LogP contribution is -2.30. The normalized spacial score (nSPS) is 12.0. The van der Waals surface area contributed by atoms with E-state index >= 15 is 0 Å². The Balaban J connectivity index is 1.49. The Morgan fingerprint density at radius 1 is 1.03 bits per heavy atom. The third-order valence-corrected chi connectivity index (χ3v) is 4.90. The molecule has 0 bridgehead atoms. The summed E-state index contributed by atoms with van der Waals surface area (Å²) in [6.45, 7) is 5.74. The highest BCUT2D eigenvalue weighted by Crippen LogP contribution is 2.26. The van der Waals surface area contributed by atoms with Crippen LogP contribution in [0.1, 0.15) is 18.1 Å². The van der Waals surface area contributed by atoms with Crippen molar-refractivity contribution in [3.63, 3.8) is 0 Å². The molecule has 146 valence electrons. The average molecular weight is 386 g/mol. The van der Waals surface area contributed by atoms with E-state index in [0.29, 0.717) is 17.3 Å². The maximum atomic E-state index is 12.6. The number of anilines is 1. The van der Waals surface area contributed by atoms with Crippen molar-refractivity contribution in [3.8, 4) is 17.2 Å². The van der Waals surface area contributed by atoms with Crippen LogP contribution in [0.2, 0.25) is 0 Å². The number of benzene rings is 3. The Morgan fingerprint density at radius 2 is 1.83 bits per heavy atom. The van der Waals surface area contributed by atoms with Crippen LogP contribution in [0, 0.1) is 13.8 Å². The SMILES string of the molecule is Cc1cccc(O[C@@H](C)C(=O)Nc2cccc(-c3nc4ccccc4o3)c2)c1C. The highest BCUT2D eigenvalue weighted by molar-refractivity contribution is 5.94. The van der Waals surface area contributed by atoms with Gasteiger partial charge in [-0.3, -0.25) is 4.79 Å². The third kappa shape index (κ3) is 3.99. The van der Waals surface area contributed by atoms with E-state index in [-0.39, 0.29) is 5.91 Å². The summed E-state index contributed by atoms with van der Waals surface area (Å²) >= 11 is 0. The number of ether oxygens (including phenoxy) is 1. The van der Waals surface area contributed by atoms with E-state index in [1.54, 1.807) is 6.92 Å². The van der Waals surface area contributed by atoms with Crippen molar-refractivity contribution in [2.45, 2.75) is 26.9 Å².